The Kier molecular flexibility index (Phi) is 10.4. The van der Waals surface area contributed by atoms with E-state index < -0.39 is 0 Å². The standard InChI is InChI=1S/C25H44O/c1-11-20(4)16-23(26)17-22(6)25(9,10)15-13-21(5)18-24(7,8)14-12-19(2)3/h12-13,17,20H,11,14-16,18H2,1-10H3/b21-13+,22-17+. The summed E-state index contributed by atoms with van der Waals surface area (Å²) < 4.78 is 0. The molecule has 0 amide bonds. The molecule has 0 aromatic heterocycles. The Labute approximate surface area is 164 Å². The van der Waals surface area contributed by atoms with Gasteiger partial charge in [0, 0.05) is 6.42 Å². The van der Waals surface area contributed by atoms with Crippen molar-refractivity contribution < 1.29 is 4.79 Å². The highest BCUT2D eigenvalue weighted by Gasteiger charge is 2.21. The number of hydrogen-bond acceptors (Lipinski definition) is 1. The summed E-state index contributed by atoms with van der Waals surface area (Å²) in [5, 5.41) is 0. The van der Waals surface area contributed by atoms with Crippen LogP contribution < -0.4 is 0 Å². The van der Waals surface area contributed by atoms with Crippen LogP contribution in [0.5, 0.6) is 0 Å². The minimum Gasteiger partial charge on any atom is -0.295 e. The van der Waals surface area contributed by atoms with Gasteiger partial charge in [-0.3, -0.25) is 4.79 Å². The van der Waals surface area contributed by atoms with E-state index in [9.17, 15) is 4.79 Å². The van der Waals surface area contributed by atoms with Gasteiger partial charge < -0.3 is 0 Å². The SMILES string of the molecule is CCC(C)CC(=O)/C=C(\C)C(C)(C)C/C=C(\C)CC(C)(C)CC=C(C)C. The molecule has 0 heterocycles. The van der Waals surface area contributed by atoms with E-state index in [1.54, 1.807) is 0 Å². The highest BCUT2D eigenvalue weighted by Crippen LogP contribution is 2.34. The van der Waals surface area contributed by atoms with Crippen molar-refractivity contribution in [2.75, 3.05) is 0 Å². The lowest BCUT2D eigenvalue weighted by atomic mass is 9.78. The van der Waals surface area contributed by atoms with Gasteiger partial charge in [0.25, 0.3) is 0 Å². The summed E-state index contributed by atoms with van der Waals surface area (Å²) in [5.74, 6) is 0.744. The first-order chi connectivity index (χ1) is 11.8. The molecule has 1 heteroatoms. The van der Waals surface area contributed by atoms with Gasteiger partial charge in [0.15, 0.2) is 5.78 Å². The lowest BCUT2D eigenvalue weighted by molar-refractivity contribution is -0.115. The van der Waals surface area contributed by atoms with Crippen molar-refractivity contribution in [3.63, 3.8) is 0 Å². The van der Waals surface area contributed by atoms with Crippen LogP contribution in [0.2, 0.25) is 0 Å². The minimum absolute atomic E-state index is 0.0242. The Morgan fingerprint density at radius 3 is 2.04 bits per heavy atom. The van der Waals surface area contributed by atoms with E-state index in [0.717, 1.165) is 25.7 Å². The van der Waals surface area contributed by atoms with E-state index in [2.05, 4.69) is 81.4 Å². The van der Waals surface area contributed by atoms with E-state index in [-0.39, 0.29) is 11.2 Å². The maximum absolute atomic E-state index is 12.2. The van der Waals surface area contributed by atoms with Gasteiger partial charge in [-0.25, -0.2) is 0 Å². The quantitative estimate of drug-likeness (QED) is 0.269. The van der Waals surface area contributed by atoms with Crippen molar-refractivity contribution >= 4 is 5.78 Å². The predicted molar refractivity (Wildman–Crippen MR) is 117 cm³/mol. The zero-order chi connectivity index (χ0) is 20.5. The molecular weight excluding hydrogens is 316 g/mol. The highest BCUT2D eigenvalue weighted by atomic mass is 16.1. The van der Waals surface area contributed by atoms with Gasteiger partial charge in [-0.15, -0.1) is 0 Å². The van der Waals surface area contributed by atoms with Crippen LogP contribution in [0.4, 0.5) is 0 Å². The van der Waals surface area contributed by atoms with Crippen molar-refractivity contribution in [1.29, 1.82) is 0 Å². The zero-order valence-corrected chi connectivity index (χ0v) is 19.3. The fraction of sp³-hybridized carbons (Fsp3) is 0.720. The third-order valence-corrected chi connectivity index (χ3v) is 5.47. The molecule has 0 aromatic carbocycles. The number of allylic oxidation sites excluding steroid dienone is 6. The molecule has 1 nitrogen and oxygen atoms in total. The Balaban J connectivity index is 4.89. The molecule has 1 unspecified atom stereocenters. The summed E-state index contributed by atoms with van der Waals surface area (Å²) in [5.41, 5.74) is 4.35. The monoisotopic (exact) mass is 360 g/mol. The molecule has 0 saturated carbocycles. The van der Waals surface area contributed by atoms with Crippen LogP contribution in [0, 0.1) is 16.7 Å². The van der Waals surface area contributed by atoms with E-state index in [0.29, 0.717) is 17.8 Å². The Morgan fingerprint density at radius 2 is 1.54 bits per heavy atom. The van der Waals surface area contributed by atoms with Crippen LogP contribution in [0.3, 0.4) is 0 Å². The highest BCUT2D eigenvalue weighted by molar-refractivity contribution is 5.90. The predicted octanol–water partition coefficient (Wildman–Crippen LogP) is 8.07. The van der Waals surface area contributed by atoms with Crippen molar-refractivity contribution in [3.05, 3.63) is 34.9 Å². The Bertz CT molecular complexity index is 537. The molecule has 0 radical (unpaired) electrons. The van der Waals surface area contributed by atoms with Crippen LogP contribution in [0.1, 0.15) is 101 Å². The van der Waals surface area contributed by atoms with Gasteiger partial charge in [-0.05, 0) is 69.8 Å². The summed E-state index contributed by atoms with van der Waals surface area (Å²) >= 11 is 0. The number of carbonyl (C=O) groups excluding carboxylic acids is 1. The molecule has 0 rings (SSSR count). The van der Waals surface area contributed by atoms with E-state index >= 15 is 0 Å². The summed E-state index contributed by atoms with van der Waals surface area (Å²) in [6.07, 6.45) is 11.5. The minimum atomic E-state index is 0.0242. The first-order valence-electron chi connectivity index (χ1n) is 10.3. The third kappa shape index (κ3) is 10.8. The molecule has 0 fully saturated rings. The zero-order valence-electron chi connectivity index (χ0n) is 19.3. The summed E-state index contributed by atoms with van der Waals surface area (Å²) in [4.78, 5) is 12.2. The lowest BCUT2D eigenvalue weighted by Gasteiger charge is -2.27. The van der Waals surface area contributed by atoms with Gasteiger partial charge in [0.2, 0.25) is 0 Å². The van der Waals surface area contributed by atoms with Crippen LogP contribution in [-0.2, 0) is 4.79 Å². The lowest BCUT2D eigenvalue weighted by Crippen LogP contribution is -2.15. The van der Waals surface area contributed by atoms with Gasteiger partial charge >= 0.3 is 0 Å². The maximum atomic E-state index is 12.2. The molecule has 0 saturated heterocycles. The van der Waals surface area contributed by atoms with Crippen LogP contribution >= 0.6 is 0 Å². The summed E-state index contributed by atoms with van der Waals surface area (Å²) in [7, 11) is 0. The molecule has 0 aliphatic carbocycles. The van der Waals surface area contributed by atoms with E-state index in [1.807, 2.05) is 6.08 Å². The Hall–Kier alpha value is -1.11. The summed E-state index contributed by atoms with van der Waals surface area (Å²) in [6, 6.07) is 0. The molecule has 26 heavy (non-hydrogen) atoms. The molecule has 150 valence electrons. The normalized spacial score (nSPS) is 15.0. The van der Waals surface area contributed by atoms with Crippen molar-refractivity contribution in [2.45, 2.75) is 101 Å². The molecule has 0 N–H and O–H groups in total. The average Bonchev–Trinajstić information content (AvgIpc) is 2.50. The number of carbonyl (C=O) groups is 1. The fourth-order valence-corrected chi connectivity index (χ4v) is 2.95. The molecular formula is C25H44O. The molecule has 1 atom stereocenters. The molecule has 0 aliphatic rings. The van der Waals surface area contributed by atoms with Crippen molar-refractivity contribution in [3.8, 4) is 0 Å². The molecule has 0 spiro atoms. The van der Waals surface area contributed by atoms with Gasteiger partial charge in [0.1, 0.15) is 0 Å². The second-order valence-electron chi connectivity index (χ2n) is 9.98. The first-order valence-corrected chi connectivity index (χ1v) is 10.3. The Morgan fingerprint density at radius 1 is 0.962 bits per heavy atom. The molecule has 0 bridgehead atoms. The van der Waals surface area contributed by atoms with Gasteiger partial charge in [-0.2, -0.15) is 0 Å². The molecule has 0 aromatic rings. The second-order valence-corrected chi connectivity index (χ2v) is 9.98. The van der Waals surface area contributed by atoms with Crippen LogP contribution in [0.15, 0.2) is 34.9 Å². The third-order valence-electron chi connectivity index (χ3n) is 5.47. The smallest absolute Gasteiger partial charge is 0.155 e. The second kappa shape index (κ2) is 10.9. The average molecular weight is 361 g/mol. The first kappa shape index (κ1) is 24.9. The van der Waals surface area contributed by atoms with Crippen molar-refractivity contribution in [2.24, 2.45) is 16.7 Å². The van der Waals surface area contributed by atoms with E-state index in [1.165, 1.54) is 16.7 Å². The van der Waals surface area contributed by atoms with Gasteiger partial charge in [-0.1, -0.05) is 76.8 Å². The maximum Gasteiger partial charge on any atom is 0.155 e. The fourth-order valence-electron chi connectivity index (χ4n) is 2.95. The summed E-state index contributed by atoms with van der Waals surface area (Å²) in [6.45, 7) is 22.1. The van der Waals surface area contributed by atoms with Crippen molar-refractivity contribution in [1.82, 2.24) is 0 Å². The number of ketones is 1. The molecule has 0 aliphatic heterocycles. The topological polar surface area (TPSA) is 17.1 Å². The number of rotatable bonds is 11. The number of hydrogen-bond donors (Lipinski definition) is 0. The largest absolute Gasteiger partial charge is 0.295 e. The van der Waals surface area contributed by atoms with Gasteiger partial charge in [0.05, 0.1) is 0 Å². The van der Waals surface area contributed by atoms with Crippen LogP contribution in [-0.4, -0.2) is 5.78 Å². The van der Waals surface area contributed by atoms with E-state index in [4.69, 9.17) is 0 Å². The van der Waals surface area contributed by atoms with Crippen LogP contribution in [0.25, 0.3) is 0 Å².